The van der Waals surface area contributed by atoms with Gasteiger partial charge in [0.25, 0.3) is 5.91 Å². The van der Waals surface area contributed by atoms with Crippen molar-refractivity contribution in [1.29, 1.82) is 0 Å². The summed E-state index contributed by atoms with van der Waals surface area (Å²) in [4.78, 5) is 33.2. The van der Waals surface area contributed by atoms with E-state index < -0.39 is 5.97 Å². The smallest absolute Gasteiger partial charge is 0.330 e. The molecule has 6 nitrogen and oxygen atoms in total. The third-order valence-electron chi connectivity index (χ3n) is 4.27. The molecule has 0 radical (unpaired) electrons. The first-order valence-electron chi connectivity index (χ1n) is 8.79. The van der Waals surface area contributed by atoms with E-state index >= 15 is 0 Å². The maximum Gasteiger partial charge on any atom is 0.330 e. The van der Waals surface area contributed by atoms with E-state index in [1.807, 2.05) is 39.0 Å². The van der Waals surface area contributed by atoms with Gasteiger partial charge < -0.3 is 10.1 Å². The van der Waals surface area contributed by atoms with Gasteiger partial charge in [0.05, 0.1) is 22.4 Å². The Morgan fingerprint density at radius 2 is 1.74 bits per heavy atom. The van der Waals surface area contributed by atoms with E-state index in [0.29, 0.717) is 16.8 Å². The molecule has 3 rings (SSSR count). The Bertz CT molecular complexity index is 1010. The van der Waals surface area contributed by atoms with Crippen LogP contribution in [0.4, 0.5) is 0 Å². The van der Waals surface area contributed by atoms with Crippen molar-refractivity contribution < 1.29 is 14.3 Å². The summed E-state index contributed by atoms with van der Waals surface area (Å²) >= 11 is 0. The number of amides is 1. The van der Waals surface area contributed by atoms with Crippen LogP contribution < -0.4 is 10.1 Å². The van der Waals surface area contributed by atoms with Crippen LogP contribution >= 0.6 is 0 Å². The number of carbonyl (C=O) groups is 2. The molecular weight excluding hydrogens is 342 g/mol. The molecule has 1 aromatic heterocycles. The number of fused-ring (bicyclic) bond motifs is 1. The molecule has 0 saturated heterocycles. The van der Waals surface area contributed by atoms with Crippen molar-refractivity contribution in [2.24, 2.45) is 0 Å². The number of hydrogen-bond donors (Lipinski definition) is 1. The molecule has 27 heavy (non-hydrogen) atoms. The Morgan fingerprint density at radius 3 is 2.48 bits per heavy atom. The standard InChI is InChI=1S/C21H21N3O3/c1-4-15-6-5-7-17(10-15)27-20(25)12-22-21(26)16-8-9-18-19(11-16)24-14(3)13(2)23-18/h5-11H,4,12H2,1-3H3,(H,22,26). The van der Waals surface area contributed by atoms with Crippen molar-refractivity contribution in [3.8, 4) is 5.75 Å². The molecule has 6 heteroatoms. The van der Waals surface area contributed by atoms with Crippen LogP contribution in [0.15, 0.2) is 42.5 Å². The summed E-state index contributed by atoms with van der Waals surface area (Å²) in [7, 11) is 0. The lowest BCUT2D eigenvalue weighted by Gasteiger charge is -2.08. The predicted octanol–water partition coefficient (Wildman–Crippen LogP) is 3.14. The van der Waals surface area contributed by atoms with Crippen molar-refractivity contribution in [2.75, 3.05) is 6.54 Å². The molecule has 2 aromatic carbocycles. The molecule has 0 atom stereocenters. The summed E-state index contributed by atoms with van der Waals surface area (Å²) in [5.74, 6) is -0.416. The Kier molecular flexibility index (Phi) is 5.45. The van der Waals surface area contributed by atoms with Crippen molar-refractivity contribution in [2.45, 2.75) is 27.2 Å². The number of esters is 1. The molecule has 0 aliphatic rings. The quantitative estimate of drug-likeness (QED) is 0.556. The molecule has 1 amide bonds. The Balaban J connectivity index is 1.63. The van der Waals surface area contributed by atoms with Crippen LogP contribution in [-0.2, 0) is 11.2 Å². The summed E-state index contributed by atoms with van der Waals surface area (Å²) in [6, 6.07) is 12.4. The van der Waals surface area contributed by atoms with E-state index in [4.69, 9.17) is 4.74 Å². The van der Waals surface area contributed by atoms with Crippen LogP contribution in [0.2, 0.25) is 0 Å². The van der Waals surface area contributed by atoms with E-state index in [1.54, 1.807) is 24.3 Å². The number of carbonyl (C=O) groups excluding carboxylic acids is 2. The summed E-state index contributed by atoms with van der Waals surface area (Å²) in [6.45, 7) is 5.58. The average molecular weight is 363 g/mol. The third-order valence-corrected chi connectivity index (χ3v) is 4.27. The zero-order valence-corrected chi connectivity index (χ0v) is 15.6. The minimum Gasteiger partial charge on any atom is -0.425 e. The second-order valence-electron chi connectivity index (χ2n) is 6.26. The van der Waals surface area contributed by atoms with Crippen LogP contribution in [0, 0.1) is 13.8 Å². The van der Waals surface area contributed by atoms with Gasteiger partial charge >= 0.3 is 5.97 Å². The van der Waals surface area contributed by atoms with Gasteiger partial charge in [-0.15, -0.1) is 0 Å². The first-order chi connectivity index (χ1) is 13.0. The molecule has 0 fully saturated rings. The van der Waals surface area contributed by atoms with Crippen LogP contribution in [0.5, 0.6) is 5.75 Å². The molecule has 0 bridgehead atoms. The summed E-state index contributed by atoms with van der Waals surface area (Å²) in [5.41, 5.74) is 4.54. The van der Waals surface area contributed by atoms with Gasteiger partial charge in [-0.05, 0) is 56.2 Å². The third kappa shape index (κ3) is 4.47. The number of aromatic nitrogens is 2. The van der Waals surface area contributed by atoms with E-state index in [1.165, 1.54) is 0 Å². The lowest BCUT2D eigenvalue weighted by atomic mass is 10.1. The van der Waals surface area contributed by atoms with Gasteiger partial charge in [0.15, 0.2) is 0 Å². The second kappa shape index (κ2) is 7.95. The first kappa shape index (κ1) is 18.5. The molecule has 138 valence electrons. The highest BCUT2D eigenvalue weighted by molar-refractivity contribution is 5.98. The molecule has 0 spiro atoms. The zero-order chi connectivity index (χ0) is 19.4. The number of aryl methyl sites for hydroxylation is 3. The number of nitrogens with one attached hydrogen (secondary N) is 1. The maximum absolute atomic E-state index is 12.3. The largest absolute Gasteiger partial charge is 0.425 e. The topological polar surface area (TPSA) is 81.2 Å². The minimum absolute atomic E-state index is 0.216. The molecule has 3 aromatic rings. The van der Waals surface area contributed by atoms with Gasteiger partial charge in [0, 0.05) is 5.56 Å². The number of benzene rings is 2. The number of rotatable bonds is 5. The van der Waals surface area contributed by atoms with Crippen LogP contribution in [0.1, 0.15) is 34.2 Å². The highest BCUT2D eigenvalue weighted by Crippen LogP contribution is 2.15. The first-order valence-corrected chi connectivity index (χ1v) is 8.79. The summed E-state index contributed by atoms with van der Waals surface area (Å²) in [5, 5.41) is 2.58. The molecular formula is C21H21N3O3. The molecule has 1 heterocycles. The monoisotopic (exact) mass is 363 g/mol. The van der Waals surface area contributed by atoms with E-state index in [0.717, 1.165) is 28.9 Å². The maximum atomic E-state index is 12.3. The summed E-state index contributed by atoms with van der Waals surface area (Å²) < 4.78 is 5.27. The van der Waals surface area contributed by atoms with Gasteiger partial charge in [-0.1, -0.05) is 19.1 Å². The van der Waals surface area contributed by atoms with E-state index in [9.17, 15) is 9.59 Å². The number of hydrogen-bond acceptors (Lipinski definition) is 5. The fraction of sp³-hybridized carbons (Fsp3) is 0.238. The predicted molar refractivity (Wildman–Crippen MR) is 103 cm³/mol. The fourth-order valence-corrected chi connectivity index (χ4v) is 2.62. The minimum atomic E-state index is -0.524. The van der Waals surface area contributed by atoms with Crippen LogP contribution in [0.3, 0.4) is 0 Å². The Hall–Kier alpha value is -3.28. The van der Waals surface area contributed by atoms with E-state index in [2.05, 4.69) is 15.3 Å². The molecule has 0 saturated carbocycles. The molecule has 1 N–H and O–H groups in total. The van der Waals surface area contributed by atoms with Crippen molar-refractivity contribution in [3.63, 3.8) is 0 Å². The van der Waals surface area contributed by atoms with Crippen molar-refractivity contribution in [3.05, 3.63) is 65.0 Å². The number of ether oxygens (including phenoxy) is 1. The normalized spacial score (nSPS) is 10.6. The molecule has 0 aliphatic carbocycles. The average Bonchev–Trinajstić information content (AvgIpc) is 2.66. The highest BCUT2D eigenvalue weighted by Gasteiger charge is 2.12. The zero-order valence-electron chi connectivity index (χ0n) is 15.6. The highest BCUT2D eigenvalue weighted by atomic mass is 16.5. The Morgan fingerprint density at radius 1 is 1.00 bits per heavy atom. The summed E-state index contributed by atoms with van der Waals surface area (Å²) in [6.07, 6.45) is 0.853. The SMILES string of the molecule is CCc1cccc(OC(=O)CNC(=O)c2ccc3nc(C)c(C)nc3c2)c1. The Labute approximate surface area is 157 Å². The van der Waals surface area contributed by atoms with Crippen LogP contribution in [-0.4, -0.2) is 28.4 Å². The van der Waals surface area contributed by atoms with Gasteiger partial charge in [-0.2, -0.15) is 0 Å². The van der Waals surface area contributed by atoms with E-state index in [-0.39, 0.29) is 12.5 Å². The lowest BCUT2D eigenvalue weighted by Crippen LogP contribution is -2.31. The fourth-order valence-electron chi connectivity index (χ4n) is 2.62. The lowest BCUT2D eigenvalue weighted by molar-refractivity contribution is -0.133. The van der Waals surface area contributed by atoms with Crippen molar-refractivity contribution in [1.82, 2.24) is 15.3 Å². The molecule has 0 aliphatic heterocycles. The second-order valence-corrected chi connectivity index (χ2v) is 6.26. The van der Waals surface area contributed by atoms with Gasteiger partial charge in [-0.25, -0.2) is 14.8 Å². The van der Waals surface area contributed by atoms with Crippen LogP contribution in [0.25, 0.3) is 11.0 Å². The number of nitrogens with zero attached hydrogens (tertiary/aromatic N) is 2. The van der Waals surface area contributed by atoms with Gasteiger partial charge in [-0.3, -0.25) is 4.79 Å². The van der Waals surface area contributed by atoms with Crippen molar-refractivity contribution >= 4 is 22.9 Å². The molecule has 0 unspecified atom stereocenters. The van der Waals surface area contributed by atoms with Gasteiger partial charge in [0.1, 0.15) is 12.3 Å². The van der Waals surface area contributed by atoms with Gasteiger partial charge in [0.2, 0.25) is 0 Å².